The third kappa shape index (κ3) is 5.05. The van der Waals surface area contributed by atoms with Crippen molar-refractivity contribution < 1.29 is 9.59 Å². The van der Waals surface area contributed by atoms with E-state index < -0.39 is 0 Å². The lowest BCUT2D eigenvalue weighted by atomic mass is 10.1. The number of benzene rings is 1. The summed E-state index contributed by atoms with van der Waals surface area (Å²) in [5.74, 6) is 0.552. The van der Waals surface area contributed by atoms with Crippen LogP contribution in [0.25, 0.3) is 0 Å². The van der Waals surface area contributed by atoms with Gasteiger partial charge in [0.25, 0.3) is 0 Å². The van der Waals surface area contributed by atoms with E-state index in [0.29, 0.717) is 44.5 Å². The van der Waals surface area contributed by atoms with Gasteiger partial charge in [-0.05, 0) is 37.8 Å². The Kier molecular flexibility index (Phi) is 6.43. The molecular weight excluding hydrogens is 398 g/mol. The van der Waals surface area contributed by atoms with E-state index in [1.54, 1.807) is 0 Å². The van der Waals surface area contributed by atoms with Gasteiger partial charge >= 0.3 is 0 Å². The van der Waals surface area contributed by atoms with Crippen LogP contribution in [0.4, 0.5) is 5.69 Å². The van der Waals surface area contributed by atoms with Crippen LogP contribution in [0.15, 0.2) is 35.7 Å². The summed E-state index contributed by atoms with van der Waals surface area (Å²) >= 11 is 1.52. The van der Waals surface area contributed by atoms with Crippen LogP contribution >= 0.6 is 11.8 Å². The smallest absolute Gasteiger partial charge is 0.238 e. The Bertz CT molecular complexity index is 896. The molecule has 1 aliphatic heterocycles. The number of imidazole rings is 1. The summed E-state index contributed by atoms with van der Waals surface area (Å²) in [5.41, 5.74) is 3.04. The van der Waals surface area contributed by atoms with Crippen LogP contribution in [0.1, 0.15) is 30.0 Å². The van der Waals surface area contributed by atoms with E-state index in [1.807, 2.05) is 49.3 Å². The van der Waals surface area contributed by atoms with Crippen molar-refractivity contribution in [2.75, 3.05) is 43.8 Å². The molecule has 8 heteroatoms. The third-order valence-electron chi connectivity index (χ3n) is 5.74. The van der Waals surface area contributed by atoms with E-state index in [9.17, 15) is 9.59 Å². The Hall–Kier alpha value is -2.32. The number of piperazine rings is 1. The van der Waals surface area contributed by atoms with Gasteiger partial charge in [-0.15, -0.1) is 0 Å². The fourth-order valence-corrected chi connectivity index (χ4v) is 4.74. The number of carbonyl (C=O) groups excluding carboxylic acids is 2. The molecule has 2 amide bonds. The second kappa shape index (κ2) is 9.22. The van der Waals surface area contributed by atoms with Gasteiger partial charge in [-0.3, -0.25) is 14.5 Å². The lowest BCUT2D eigenvalue weighted by Crippen LogP contribution is -2.51. The highest BCUT2D eigenvalue weighted by Crippen LogP contribution is 2.37. The maximum atomic E-state index is 12.6. The monoisotopic (exact) mass is 427 g/mol. The van der Waals surface area contributed by atoms with Gasteiger partial charge in [0.05, 0.1) is 12.3 Å². The summed E-state index contributed by atoms with van der Waals surface area (Å²) < 4.78 is 2.19. The van der Waals surface area contributed by atoms with Crippen molar-refractivity contribution in [2.24, 2.45) is 0 Å². The molecule has 7 nitrogen and oxygen atoms in total. The van der Waals surface area contributed by atoms with Gasteiger partial charge in [0.2, 0.25) is 11.8 Å². The molecule has 0 bridgehead atoms. The van der Waals surface area contributed by atoms with Crippen molar-refractivity contribution in [1.29, 1.82) is 0 Å². The predicted octanol–water partition coefficient (Wildman–Crippen LogP) is 2.71. The van der Waals surface area contributed by atoms with E-state index in [2.05, 4.69) is 19.8 Å². The summed E-state index contributed by atoms with van der Waals surface area (Å²) in [6.07, 6.45) is 6.23. The number of aromatic nitrogens is 2. The Morgan fingerprint density at radius 2 is 1.83 bits per heavy atom. The average molecular weight is 428 g/mol. The maximum absolute atomic E-state index is 12.6. The number of rotatable bonds is 7. The zero-order valence-electron chi connectivity index (χ0n) is 17.6. The molecular formula is C22H29N5O2S. The van der Waals surface area contributed by atoms with Gasteiger partial charge in [-0.1, -0.05) is 30.0 Å². The predicted molar refractivity (Wildman–Crippen MR) is 119 cm³/mol. The second-order valence-corrected chi connectivity index (χ2v) is 9.05. The molecule has 160 valence electrons. The Morgan fingerprint density at radius 3 is 2.50 bits per heavy atom. The first kappa shape index (κ1) is 20.9. The quantitative estimate of drug-likeness (QED) is 0.688. The Morgan fingerprint density at radius 1 is 1.13 bits per heavy atom. The number of carbonyl (C=O) groups is 2. The van der Waals surface area contributed by atoms with Gasteiger partial charge < -0.3 is 14.8 Å². The molecule has 1 aliphatic carbocycles. The van der Waals surface area contributed by atoms with Crippen molar-refractivity contribution in [2.45, 2.75) is 37.9 Å². The Labute approximate surface area is 181 Å². The molecule has 2 fully saturated rings. The first-order valence-corrected chi connectivity index (χ1v) is 11.5. The molecule has 1 aromatic carbocycles. The number of hydrogen-bond acceptors (Lipinski definition) is 5. The van der Waals surface area contributed by atoms with E-state index in [1.165, 1.54) is 24.6 Å². The molecule has 0 atom stereocenters. The highest BCUT2D eigenvalue weighted by Gasteiger charge is 2.27. The first-order valence-electron chi connectivity index (χ1n) is 10.5. The summed E-state index contributed by atoms with van der Waals surface area (Å²) in [6, 6.07) is 6.57. The number of nitrogens with zero attached hydrogens (tertiary/aromatic N) is 4. The molecule has 1 N–H and O–H groups in total. The number of nitrogens with one attached hydrogen (secondary N) is 1. The highest BCUT2D eigenvalue weighted by atomic mass is 32.2. The fourth-order valence-electron chi connectivity index (χ4n) is 3.81. The molecule has 2 aliphatic rings. The molecule has 0 spiro atoms. The molecule has 4 rings (SSSR count). The second-order valence-electron chi connectivity index (χ2n) is 8.11. The van der Waals surface area contributed by atoms with Gasteiger partial charge in [0, 0.05) is 50.3 Å². The summed E-state index contributed by atoms with van der Waals surface area (Å²) in [6.45, 7) is 7.11. The normalized spacial score (nSPS) is 17.2. The summed E-state index contributed by atoms with van der Waals surface area (Å²) in [4.78, 5) is 33.5. The largest absolute Gasteiger partial charge is 0.339 e. The van der Waals surface area contributed by atoms with Crippen LogP contribution in [0.5, 0.6) is 0 Å². The number of thioether (sulfide) groups is 1. The van der Waals surface area contributed by atoms with Crippen LogP contribution in [0.3, 0.4) is 0 Å². The molecule has 1 saturated heterocycles. The number of para-hydroxylation sites is 1. The third-order valence-corrected chi connectivity index (χ3v) is 6.70. The molecule has 0 radical (unpaired) electrons. The average Bonchev–Trinajstić information content (AvgIpc) is 3.47. The van der Waals surface area contributed by atoms with Gasteiger partial charge in [0.15, 0.2) is 5.16 Å². The van der Waals surface area contributed by atoms with Crippen molar-refractivity contribution in [3.8, 4) is 0 Å². The van der Waals surface area contributed by atoms with Crippen LogP contribution in [-0.4, -0.2) is 69.6 Å². The number of hydrogen-bond donors (Lipinski definition) is 1. The molecule has 1 aromatic heterocycles. The zero-order valence-corrected chi connectivity index (χ0v) is 18.5. The topological polar surface area (TPSA) is 70.5 Å². The SMILES string of the molecule is Cc1cccc(C)c1NC(=O)CN1CCN(C(=O)CSc2nccn2C2CC2)CC1. The molecule has 2 aromatic rings. The minimum absolute atomic E-state index is 0.00496. The maximum Gasteiger partial charge on any atom is 0.238 e. The summed E-state index contributed by atoms with van der Waals surface area (Å²) in [5, 5.41) is 3.98. The zero-order chi connectivity index (χ0) is 21.1. The first-order chi connectivity index (χ1) is 14.5. The van der Waals surface area contributed by atoms with Crippen LogP contribution in [0.2, 0.25) is 0 Å². The van der Waals surface area contributed by atoms with E-state index in [0.717, 1.165) is 22.0 Å². The fraction of sp³-hybridized carbons (Fsp3) is 0.500. The lowest BCUT2D eigenvalue weighted by Gasteiger charge is -2.34. The number of amides is 2. The van der Waals surface area contributed by atoms with Crippen molar-refractivity contribution in [3.05, 3.63) is 41.7 Å². The van der Waals surface area contributed by atoms with Crippen LogP contribution < -0.4 is 5.32 Å². The minimum atomic E-state index is -0.00496. The van der Waals surface area contributed by atoms with E-state index >= 15 is 0 Å². The van der Waals surface area contributed by atoms with E-state index in [-0.39, 0.29) is 11.8 Å². The lowest BCUT2D eigenvalue weighted by molar-refractivity contribution is -0.130. The Balaban J connectivity index is 1.21. The molecule has 30 heavy (non-hydrogen) atoms. The number of anilines is 1. The van der Waals surface area contributed by atoms with Crippen molar-refractivity contribution in [1.82, 2.24) is 19.4 Å². The summed E-state index contributed by atoms with van der Waals surface area (Å²) in [7, 11) is 0. The van der Waals surface area contributed by atoms with Gasteiger partial charge in [0.1, 0.15) is 0 Å². The minimum Gasteiger partial charge on any atom is -0.339 e. The molecule has 2 heterocycles. The molecule has 1 saturated carbocycles. The highest BCUT2D eigenvalue weighted by molar-refractivity contribution is 7.99. The van der Waals surface area contributed by atoms with Crippen LogP contribution in [0, 0.1) is 13.8 Å². The number of aryl methyl sites for hydroxylation is 2. The van der Waals surface area contributed by atoms with Gasteiger partial charge in [-0.25, -0.2) is 4.98 Å². The standard InChI is InChI=1S/C22H29N5O2S/c1-16-4-3-5-17(2)21(16)24-19(28)14-25-10-12-26(13-11-25)20(29)15-30-22-23-8-9-27(22)18-6-7-18/h3-5,8-9,18H,6-7,10-15H2,1-2H3,(H,24,28). The van der Waals surface area contributed by atoms with Gasteiger partial charge in [-0.2, -0.15) is 0 Å². The van der Waals surface area contributed by atoms with Crippen molar-refractivity contribution in [3.63, 3.8) is 0 Å². The van der Waals surface area contributed by atoms with E-state index in [4.69, 9.17) is 0 Å². The van der Waals surface area contributed by atoms with Crippen molar-refractivity contribution >= 4 is 29.3 Å². The van der Waals surface area contributed by atoms with Crippen LogP contribution in [-0.2, 0) is 9.59 Å². The molecule has 0 unspecified atom stereocenters.